The van der Waals surface area contributed by atoms with Crippen molar-refractivity contribution >= 4 is 0 Å². The largest absolute Gasteiger partial charge is 0.0654 e. The first-order valence-electron chi connectivity index (χ1n) is 11.9. The van der Waals surface area contributed by atoms with E-state index in [4.69, 9.17) is 0 Å². The average molecular weight is 353 g/mol. The molecule has 0 aromatic heterocycles. The van der Waals surface area contributed by atoms with E-state index in [-0.39, 0.29) is 0 Å². The normalized spacial score (nSPS) is 16.0. The Morgan fingerprint density at radius 3 is 1.84 bits per heavy atom. The summed E-state index contributed by atoms with van der Waals surface area (Å²) in [6.07, 6.45) is 20.0. The summed E-state index contributed by atoms with van der Waals surface area (Å²) < 4.78 is 0. The van der Waals surface area contributed by atoms with Crippen molar-refractivity contribution in [2.45, 2.75) is 138 Å². The molecule has 3 unspecified atom stereocenters. The van der Waals surface area contributed by atoms with Gasteiger partial charge in [0.15, 0.2) is 0 Å². The first-order valence-corrected chi connectivity index (χ1v) is 11.9. The zero-order chi connectivity index (χ0) is 19.1. The van der Waals surface area contributed by atoms with Crippen LogP contribution in [0.3, 0.4) is 0 Å². The number of hydrogen-bond acceptors (Lipinski definition) is 0. The molecule has 0 saturated heterocycles. The first kappa shape index (κ1) is 25.0. The van der Waals surface area contributed by atoms with Crippen LogP contribution in [0.1, 0.15) is 138 Å². The summed E-state index contributed by atoms with van der Waals surface area (Å²) in [4.78, 5) is 0. The highest BCUT2D eigenvalue weighted by atomic mass is 14.3. The third-order valence-electron chi connectivity index (χ3n) is 6.91. The van der Waals surface area contributed by atoms with Crippen LogP contribution in [0.4, 0.5) is 0 Å². The highest BCUT2D eigenvalue weighted by molar-refractivity contribution is 4.72. The van der Waals surface area contributed by atoms with Gasteiger partial charge in [0.2, 0.25) is 0 Å². The highest BCUT2D eigenvalue weighted by Crippen LogP contribution is 2.33. The molecule has 0 aliphatic heterocycles. The second-order valence-corrected chi connectivity index (χ2v) is 9.64. The van der Waals surface area contributed by atoms with Crippen molar-refractivity contribution in [2.75, 3.05) is 0 Å². The fourth-order valence-electron chi connectivity index (χ4n) is 4.20. The molecule has 0 aromatic carbocycles. The van der Waals surface area contributed by atoms with E-state index in [2.05, 4.69) is 48.5 Å². The van der Waals surface area contributed by atoms with Gasteiger partial charge in [0, 0.05) is 0 Å². The monoisotopic (exact) mass is 352 g/mol. The van der Waals surface area contributed by atoms with Crippen molar-refractivity contribution in [3.8, 4) is 0 Å². The lowest BCUT2D eigenvalue weighted by atomic mass is 9.77. The van der Waals surface area contributed by atoms with Crippen molar-refractivity contribution in [3.05, 3.63) is 0 Å². The summed E-state index contributed by atoms with van der Waals surface area (Å²) in [5.74, 6) is 2.89. The van der Waals surface area contributed by atoms with E-state index in [0.29, 0.717) is 5.41 Å². The van der Waals surface area contributed by atoms with Gasteiger partial charge in [0.25, 0.3) is 0 Å². The number of hydrogen-bond donors (Lipinski definition) is 0. The smallest absolute Gasteiger partial charge is 0.0357 e. The van der Waals surface area contributed by atoms with E-state index >= 15 is 0 Å². The minimum Gasteiger partial charge on any atom is -0.0654 e. The van der Waals surface area contributed by atoms with Gasteiger partial charge in [-0.3, -0.25) is 0 Å². The van der Waals surface area contributed by atoms with E-state index in [1.807, 2.05) is 0 Å². The molecular formula is C25H52. The Morgan fingerprint density at radius 1 is 0.680 bits per heavy atom. The van der Waals surface area contributed by atoms with Crippen LogP contribution in [0.15, 0.2) is 0 Å². The summed E-state index contributed by atoms with van der Waals surface area (Å²) in [6.45, 7) is 16.8. The maximum absolute atomic E-state index is 2.47. The molecule has 0 fully saturated rings. The second-order valence-electron chi connectivity index (χ2n) is 9.64. The lowest BCUT2D eigenvalue weighted by Gasteiger charge is -2.29. The molecule has 3 atom stereocenters. The van der Waals surface area contributed by atoms with Crippen molar-refractivity contribution in [2.24, 2.45) is 23.2 Å². The second kappa shape index (κ2) is 15.1. The van der Waals surface area contributed by atoms with Crippen LogP contribution in [0, 0.1) is 23.2 Å². The molecule has 152 valence electrons. The van der Waals surface area contributed by atoms with E-state index in [9.17, 15) is 0 Å². The molecule has 0 aliphatic carbocycles. The van der Waals surface area contributed by atoms with Gasteiger partial charge in [-0.15, -0.1) is 0 Å². The maximum atomic E-state index is 2.47. The van der Waals surface area contributed by atoms with Crippen LogP contribution in [0.2, 0.25) is 0 Å². The molecule has 0 saturated carbocycles. The minimum atomic E-state index is 0.562. The van der Waals surface area contributed by atoms with Gasteiger partial charge in [-0.25, -0.2) is 0 Å². The van der Waals surface area contributed by atoms with Crippen LogP contribution in [0.25, 0.3) is 0 Å². The first-order chi connectivity index (χ1) is 11.9. The summed E-state index contributed by atoms with van der Waals surface area (Å²) in [5.41, 5.74) is 0.562. The molecule has 0 radical (unpaired) electrons. The maximum Gasteiger partial charge on any atom is -0.0357 e. The van der Waals surface area contributed by atoms with E-state index < -0.39 is 0 Å². The van der Waals surface area contributed by atoms with Crippen molar-refractivity contribution < 1.29 is 0 Å². The van der Waals surface area contributed by atoms with Crippen molar-refractivity contribution in [1.82, 2.24) is 0 Å². The molecule has 0 spiro atoms. The van der Waals surface area contributed by atoms with Crippen molar-refractivity contribution in [3.63, 3.8) is 0 Å². The van der Waals surface area contributed by atoms with Gasteiger partial charge in [0.05, 0.1) is 0 Å². The number of rotatable bonds is 17. The molecular weight excluding hydrogens is 300 g/mol. The van der Waals surface area contributed by atoms with Gasteiger partial charge in [-0.2, -0.15) is 0 Å². The lowest BCUT2D eigenvalue weighted by molar-refractivity contribution is 0.225. The Bertz CT molecular complexity index is 278. The number of unbranched alkanes of at least 4 members (excludes halogenated alkanes) is 5. The molecule has 0 bridgehead atoms. The van der Waals surface area contributed by atoms with E-state index in [0.717, 1.165) is 17.8 Å². The molecule has 0 heteroatoms. The zero-order valence-corrected chi connectivity index (χ0v) is 19.1. The van der Waals surface area contributed by atoms with Gasteiger partial charge in [0.1, 0.15) is 0 Å². The molecule has 25 heavy (non-hydrogen) atoms. The van der Waals surface area contributed by atoms with Crippen molar-refractivity contribution in [1.29, 1.82) is 0 Å². The Kier molecular flexibility index (Phi) is 15.1. The zero-order valence-electron chi connectivity index (χ0n) is 19.1. The van der Waals surface area contributed by atoms with E-state index in [1.165, 1.54) is 89.9 Å². The SMILES string of the molecule is CCCCCC(CC(C)CC)C(CC)CCCCCCC(C)(C)CC. The quantitative estimate of drug-likeness (QED) is 0.229. The van der Waals surface area contributed by atoms with Crippen LogP contribution >= 0.6 is 0 Å². The van der Waals surface area contributed by atoms with Crippen LogP contribution in [-0.4, -0.2) is 0 Å². The van der Waals surface area contributed by atoms with Gasteiger partial charge in [-0.05, 0) is 36.0 Å². The lowest BCUT2D eigenvalue weighted by Crippen LogP contribution is -2.17. The Hall–Kier alpha value is 0. The summed E-state index contributed by atoms with van der Waals surface area (Å²) in [5, 5.41) is 0. The molecule has 0 aliphatic rings. The van der Waals surface area contributed by atoms with E-state index in [1.54, 1.807) is 0 Å². The van der Waals surface area contributed by atoms with Crippen LogP contribution in [0.5, 0.6) is 0 Å². The summed E-state index contributed by atoms with van der Waals surface area (Å²) in [7, 11) is 0. The average Bonchev–Trinajstić information content (AvgIpc) is 2.60. The Morgan fingerprint density at radius 2 is 1.28 bits per heavy atom. The third kappa shape index (κ3) is 12.9. The topological polar surface area (TPSA) is 0 Å². The summed E-state index contributed by atoms with van der Waals surface area (Å²) >= 11 is 0. The Labute approximate surface area is 161 Å². The molecule has 0 rings (SSSR count). The fourth-order valence-corrected chi connectivity index (χ4v) is 4.20. The predicted octanol–water partition coefficient (Wildman–Crippen LogP) is 9.42. The minimum absolute atomic E-state index is 0.562. The standard InChI is InChI=1S/C25H52/c1-8-12-15-19-24(21-22(5)9-2)23(10-3)18-16-13-14-17-20-25(6,7)11-4/h22-24H,8-21H2,1-7H3. The van der Waals surface area contributed by atoms with Crippen LogP contribution in [-0.2, 0) is 0 Å². The third-order valence-corrected chi connectivity index (χ3v) is 6.91. The molecule has 0 aromatic rings. The van der Waals surface area contributed by atoms with Crippen LogP contribution < -0.4 is 0 Å². The predicted molar refractivity (Wildman–Crippen MR) is 117 cm³/mol. The van der Waals surface area contributed by atoms with Gasteiger partial charge in [-0.1, -0.05) is 126 Å². The molecule has 0 nitrogen and oxygen atoms in total. The van der Waals surface area contributed by atoms with Gasteiger partial charge < -0.3 is 0 Å². The molecule has 0 amide bonds. The fraction of sp³-hybridized carbons (Fsp3) is 1.00. The van der Waals surface area contributed by atoms with Gasteiger partial charge >= 0.3 is 0 Å². The molecule has 0 heterocycles. The Balaban J connectivity index is 4.20. The highest BCUT2D eigenvalue weighted by Gasteiger charge is 2.21. The molecule has 0 N–H and O–H groups in total. The summed E-state index contributed by atoms with van der Waals surface area (Å²) in [6, 6.07) is 0.